The number of aryl methyl sites for hydroxylation is 2. The van der Waals surface area contributed by atoms with Crippen LogP contribution in [-0.2, 0) is 20.0 Å². The standard InChI is InChI=1S/C20H26N8O/c1-3-18-23-13-24-20(25-18)22-12-17-19(26-27-28(17)2)16-10-9-15(11-21-16)29-14-7-5-4-6-8-14/h9-11,13-14H,3-8,12H2,1-2H3,(H,22,23,24,25). The molecule has 9 nitrogen and oxygen atoms in total. The van der Waals surface area contributed by atoms with Gasteiger partial charge < -0.3 is 10.1 Å². The van der Waals surface area contributed by atoms with Crippen LogP contribution >= 0.6 is 0 Å². The topological polar surface area (TPSA) is 104 Å². The van der Waals surface area contributed by atoms with Crippen LogP contribution < -0.4 is 10.1 Å². The Morgan fingerprint density at radius 3 is 2.76 bits per heavy atom. The molecule has 1 saturated carbocycles. The molecule has 0 saturated heterocycles. The number of rotatable bonds is 7. The van der Waals surface area contributed by atoms with Gasteiger partial charge in [0, 0.05) is 13.5 Å². The van der Waals surface area contributed by atoms with Gasteiger partial charge in [-0.05, 0) is 37.8 Å². The molecule has 1 fully saturated rings. The van der Waals surface area contributed by atoms with Crippen molar-refractivity contribution in [3.8, 4) is 17.1 Å². The molecule has 3 heterocycles. The minimum atomic E-state index is 0.307. The smallest absolute Gasteiger partial charge is 0.226 e. The molecule has 0 aliphatic heterocycles. The average Bonchev–Trinajstić information content (AvgIpc) is 3.14. The van der Waals surface area contributed by atoms with Gasteiger partial charge in [-0.1, -0.05) is 18.6 Å². The van der Waals surface area contributed by atoms with E-state index in [-0.39, 0.29) is 0 Å². The SMILES string of the molecule is CCc1ncnc(NCc2c(-c3ccc(OC4CCCCC4)cn3)nnn2C)n1. The van der Waals surface area contributed by atoms with Crippen molar-refractivity contribution in [3.63, 3.8) is 0 Å². The Balaban J connectivity index is 1.46. The second-order valence-electron chi connectivity index (χ2n) is 7.20. The fourth-order valence-corrected chi connectivity index (χ4v) is 3.49. The Labute approximate surface area is 170 Å². The van der Waals surface area contributed by atoms with Crippen LogP contribution in [0.1, 0.15) is 50.5 Å². The molecule has 3 aromatic rings. The first-order chi connectivity index (χ1) is 14.2. The zero-order valence-corrected chi connectivity index (χ0v) is 16.9. The normalized spacial score (nSPS) is 14.7. The highest BCUT2D eigenvalue weighted by Gasteiger charge is 2.17. The minimum absolute atomic E-state index is 0.307. The van der Waals surface area contributed by atoms with Crippen LogP contribution in [0.15, 0.2) is 24.7 Å². The summed E-state index contributed by atoms with van der Waals surface area (Å²) in [4.78, 5) is 17.2. The van der Waals surface area contributed by atoms with Crippen LogP contribution in [0.2, 0.25) is 0 Å². The molecule has 0 radical (unpaired) electrons. The lowest BCUT2D eigenvalue weighted by molar-refractivity contribution is 0.154. The van der Waals surface area contributed by atoms with E-state index in [1.807, 2.05) is 26.1 Å². The van der Waals surface area contributed by atoms with E-state index in [1.165, 1.54) is 25.6 Å². The maximum absolute atomic E-state index is 6.07. The third-order valence-corrected chi connectivity index (χ3v) is 5.13. The maximum atomic E-state index is 6.07. The van der Waals surface area contributed by atoms with Crippen molar-refractivity contribution >= 4 is 5.95 Å². The fraction of sp³-hybridized carbons (Fsp3) is 0.500. The molecule has 4 rings (SSSR count). The Morgan fingerprint density at radius 1 is 1.14 bits per heavy atom. The molecule has 0 atom stereocenters. The van der Waals surface area contributed by atoms with Crippen molar-refractivity contribution in [1.82, 2.24) is 34.9 Å². The lowest BCUT2D eigenvalue weighted by atomic mass is 9.98. The summed E-state index contributed by atoms with van der Waals surface area (Å²) in [5.41, 5.74) is 2.39. The number of pyridine rings is 1. The number of nitrogens with one attached hydrogen (secondary N) is 1. The largest absolute Gasteiger partial charge is 0.489 e. The van der Waals surface area contributed by atoms with E-state index in [4.69, 9.17) is 4.74 Å². The number of anilines is 1. The molecule has 3 aromatic heterocycles. The lowest BCUT2D eigenvalue weighted by Crippen LogP contribution is -2.19. The van der Waals surface area contributed by atoms with Gasteiger partial charge in [-0.15, -0.1) is 5.10 Å². The van der Waals surface area contributed by atoms with Gasteiger partial charge in [-0.3, -0.25) is 4.98 Å². The lowest BCUT2D eigenvalue weighted by Gasteiger charge is -2.22. The van der Waals surface area contributed by atoms with E-state index in [2.05, 4.69) is 35.6 Å². The number of hydrogen-bond donors (Lipinski definition) is 1. The Hall–Kier alpha value is -3.10. The molecule has 0 bridgehead atoms. The fourth-order valence-electron chi connectivity index (χ4n) is 3.49. The van der Waals surface area contributed by atoms with Gasteiger partial charge in [0.1, 0.15) is 23.6 Å². The Morgan fingerprint density at radius 2 is 2.00 bits per heavy atom. The number of hydrogen-bond acceptors (Lipinski definition) is 8. The maximum Gasteiger partial charge on any atom is 0.226 e. The van der Waals surface area contributed by atoms with E-state index in [1.54, 1.807) is 10.9 Å². The minimum Gasteiger partial charge on any atom is -0.489 e. The molecule has 0 amide bonds. The molecule has 1 N–H and O–H groups in total. The molecule has 29 heavy (non-hydrogen) atoms. The summed E-state index contributed by atoms with van der Waals surface area (Å²) in [6, 6.07) is 3.89. The summed E-state index contributed by atoms with van der Waals surface area (Å²) in [6.07, 6.45) is 10.4. The van der Waals surface area contributed by atoms with Crippen molar-refractivity contribution in [1.29, 1.82) is 0 Å². The van der Waals surface area contributed by atoms with Crippen molar-refractivity contribution in [2.24, 2.45) is 7.05 Å². The predicted molar refractivity (Wildman–Crippen MR) is 108 cm³/mol. The summed E-state index contributed by atoms with van der Waals surface area (Å²) < 4.78 is 7.80. The van der Waals surface area contributed by atoms with E-state index < -0.39 is 0 Å². The summed E-state index contributed by atoms with van der Waals surface area (Å²) in [5.74, 6) is 2.09. The van der Waals surface area contributed by atoms with Crippen molar-refractivity contribution in [3.05, 3.63) is 36.2 Å². The monoisotopic (exact) mass is 394 g/mol. The molecular weight excluding hydrogens is 368 g/mol. The van der Waals surface area contributed by atoms with Gasteiger partial charge >= 0.3 is 0 Å². The first-order valence-electron chi connectivity index (χ1n) is 10.2. The summed E-state index contributed by atoms with van der Waals surface area (Å²) in [6.45, 7) is 2.49. The van der Waals surface area contributed by atoms with Gasteiger partial charge in [-0.25, -0.2) is 14.6 Å². The van der Waals surface area contributed by atoms with Crippen LogP contribution in [0.25, 0.3) is 11.4 Å². The number of ether oxygens (including phenoxy) is 1. The molecule has 152 valence electrons. The molecule has 0 unspecified atom stereocenters. The average molecular weight is 394 g/mol. The van der Waals surface area contributed by atoms with Crippen LogP contribution in [0.5, 0.6) is 5.75 Å². The van der Waals surface area contributed by atoms with Crippen LogP contribution in [0.3, 0.4) is 0 Å². The van der Waals surface area contributed by atoms with Crippen molar-refractivity contribution in [2.75, 3.05) is 5.32 Å². The highest BCUT2D eigenvalue weighted by Crippen LogP contribution is 2.25. The van der Waals surface area contributed by atoms with Gasteiger partial charge in [0.15, 0.2) is 0 Å². The first kappa shape index (κ1) is 19.2. The van der Waals surface area contributed by atoms with E-state index >= 15 is 0 Å². The molecule has 1 aliphatic carbocycles. The van der Waals surface area contributed by atoms with Crippen molar-refractivity contribution in [2.45, 2.75) is 58.1 Å². The number of aromatic nitrogens is 7. The summed E-state index contributed by atoms with van der Waals surface area (Å²) in [5, 5.41) is 11.7. The summed E-state index contributed by atoms with van der Waals surface area (Å²) in [7, 11) is 1.86. The highest BCUT2D eigenvalue weighted by molar-refractivity contribution is 5.57. The highest BCUT2D eigenvalue weighted by atomic mass is 16.5. The molecule has 1 aliphatic rings. The van der Waals surface area contributed by atoms with Gasteiger partial charge in [0.05, 0.1) is 30.2 Å². The Bertz CT molecular complexity index is 934. The zero-order valence-electron chi connectivity index (χ0n) is 16.9. The van der Waals surface area contributed by atoms with Crippen LogP contribution in [0, 0.1) is 0 Å². The first-order valence-corrected chi connectivity index (χ1v) is 10.2. The van der Waals surface area contributed by atoms with Gasteiger partial charge in [0.2, 0.25) is 5.95 Å². The van der Waals surface area contributed by atoms with Gasteiger partial charge in [-0.2, -0.15) is 4.98 Å². The molecular formula is C20H26N8O. The van der Waals surface area contributed by atoms with E-state index in [9.17, 15) is 0 Å². The second kappa shape index (κ2) is 8.93. The van der Waals surface area contributed by atoms with Crippen LogP contribution in [0.4, 0.5) is 5.95 Å². The third kappa shape index (κ3) is 4.67. The summed E-state index contributed by atoms with van der Waals surface area (Å²) >= 11 is 0. The van der Waals surface area contributed by atoms with Crippen LogP contribution in [-0.4, -0.2) is 41.0 Å². The number of nitrogens with zero attached hydrogens (tertiary/aromatic N) is 7. The zero-order chi connectivity index (χ0) is 20.1. The predicted octanol–water partition coefficient (Wildman–Crippen LogP) is 2.95. The molecule has 9 heteroatoms. The second-order valence-corrected chi connectivity index (χ2v) is 7.20. The third-order valence-electron chi connectivity index (χ3n) is 5.13. The quantitative estimate of drug-likeness (QED) is 0.652. The van der Waals surface area contributed by atoms with E-state index in [0.29, 0.717) is 18.6 Å². The van der Waals surface area contributed by atoms with Gasteiger partial charge in [0.25, 0.3) is 0 Å². The Kier molecular flexibility index (Phi) is 5.92. The van der Waals surface area contributed by atoms with E-state index in [0.717, 1.165) is 47.9 Å². The molecule has 0 spiro atoms. The molecule has 0 aromatic carbocycles. The van der Waals surface area contributed by atoms with Crippen molar-refractivity contribution < 1.29 is 4.74 Å².